The number of nitrogens with zero attached hydrogens (tertiary/aromatic N) is 1. The first kappa shape index (κ1) is 14.4. The average Bonchev–Trinajstić information content (AvgIpc) is 2.84. The molecule has 2 fully saturated rings. The highest BCUT2D eigenvalue weighted by molar-refractivity contribution is 5.81. The molecule has 1 heterocycles. The maximum Gasteiger partial charge on any atom is 0.310 e. The van der Waals surface area contributed by atoms with E-state index in [9.17, 15) is 9.59 Å². The van der Waals surface area contributed by atoms with Crippen molar-refractivity contribution in [3.63, 3.8) is 0 Å². The van der Waals surface area contributed by atoms with Gasteiger partial charge in [0.15, 0.2) is 0 Å². The van der Waals surface area contributed by atoms with Crippen molar-refractivity contribution in [1.29, 1.82) is 0 Å². The molecule has 3 unspecified atom stereocenters. The molecule has 1 aliphatic carbocycles. The van der Waals surface area contributed by atoms with Crippen molar-refractivity contribution < 1.29 is 14.3 Å². The number of hydrogen-bond donors (Lipinski definition) is 0. The Bertz CT molecular complexity index is 342. The van der Waals surface area contributed by atoms with Crippen LogP contribution >= 0.6 is 0 Å². The van der Waals surface area contributed by atoms with Gasteiger partial charge in [0.05, 0.1) is 12.5 Å². The third kappa shape index (κ3) is 3.28. The molecule has 1 saturated carbocycles. The van der Waals surface area contributed by atoms with Crippen molar-refractivity contribution in [1.82, 2.24) is 4.90 Å². The van der Waals surface area contributed by atoms with Crippen LogP contribution in [0.3, 0.4) is 0 Å². The number of carbonyl (C=O) groups is 2. The second-order valence-corrected chi connectivity index (χ2v) is 5.89. The SMILES string of the molecule is CCOC(=O)C1CCCN(C(=O)C2CCCC2C)C1. The monoisotopic (exact) mass is 267 g/mol. The number of amides is 1. The molecule has 4 nitrogen and oxygen atoms in total. The molecule has 0 aromatic rings. The maximum atomic E-state index is 12.5. The highest BCUT2D eigenvalue weighted by atomic mass is 16.5. The first-order valence-electron chi connectivity index (χ1n) is 7.59. The van der Waals surface area contributed by atoms with Crippen LogP contribution in [0.25, 0.3) is 0 Å². The third-order valence-corrected chi connectivity index (χ3v) is 4.53. The summed E-state index contributed by atoms with van der Waals surface area (Å²) >= 11 is 0. The predicted molar refractivity (Wildman–Crippen MR) is 72.4 cm³/mol. The van der Waals surface area contributed by atoms with Gasteiger partial charge in [-0.05, 0) is 38.5 Å². The zero-order valence-electron chi connectivity index (χ0n) is 12.1. The Balaban J connectivity index is 1.93. The third-order valence-electron chi connectivity index (χ3n) is 4.53. The minimum absolute atomic E-state index is 0.116. The summed E-state index contributed by atoms with van der Waals surface area (Å²) in [5.41, 5.74) is 0. The lowest BCUT2D eigenvalue weighted by molar-refractivity contribution is -0.152. The molecular formula is C15H25NO3. The molecular weight excluding hydrogens is 242 g/mol. The van der Waals surface area contributed by atoms with E-state index in [0.29, 0.717) is 19.1 Å². The topological polar surface area (TPSA) is 46.6 Å². The number of piperidine rings is 1. The number of likely N-dealkylation sites (tertiary alicyclic amines) is 1. The van der Waals surface area contributed by atoms with Crippen molar-refractivity contribution in [2.45, 2.75) is 46.0 Å². The van der Waals surface area contributed by atoms with E-state index < -0.39 is 0 Å². The van der Waals surface area contributed by atoms with E-state index in [1.54, 1.807) is 0 Å². The van der Waals surface area contributed by atoms with E-state index >= 15 is 0 Å². The Morgan fingerprint density at radius 1 is 1.21 bits per heavy atom. The van der Waals surface area contributed by atoms with Crippen LogP contribution in [0.15, 0.2) is 0 Å². The minimum atomic E-state index is -0.139. The number of ether oxygens (including phenoxy) is 1. The molecule has 1 amide bonds. The van der Waals surface area contributed by atoms with E-state index in [1.807, 2.05) is 11.8 Å². The van der Waals surface area contributed by atoms with E-state index in [2.05, 4.69) is 6.92 Å². The molecule has 4 heteroatoms. The fraction of sp³-hybridized carbons (Fsp3) is 0.867. The van der Waals surface area contributed by atoms with Crippen LogP contribution in [-0.4, -0.2) is 36.5 Å². The van der Waals surface area contributed by atoms with Gasteiger partial charge < -0.3 is 9.64 Å². The molecule has 2 rings (SSSR count). The molecule has 1 aliphatic heterocycles. The lowest BCUT2D eigenvalue weighted by atomic mass is 9.93. The molecule has 2 aliphatic rings. The quantitative estimate of drug-likeness (QED) is 0.737. The number of carbonyl (C=O) groups excluding carboxylic acids is 2. The van der Waals surface area contributed by atoms with Crippen molar-refractivity contribution in [2.24, 2.45) is 17.8 Å². The standard InChI is InChI=1S/C15H25NO3/c1-3-19-15(18)12-7-5-9-16(10-12)14(17)13-8-4-6-11(13)2/h11-13H,3-10H2,1-2H3. The van der Waals surface area contributed by atoms with Crippen molar-refractivity contribution in [2.75, 3.05) is 19.7 Å². The van der Waals surface area contributed by atoms with Crippen molar-refractivity contribution in [3.8, 4) is 0 Å². The molecule has 0 aromatic heterocycles. The highest BCUT2D eigenvalue weighted by Crippen LogP contribution is 2.33. The van der Waals surface area contributed by atoms with Gasteiger partial charge in [0.1, 0.15) is 0 Å². The number of esters is 1. The van der Waals surface area contributed by atoms with Crippen molar-refractivity contribution in [3.05, 3.63) is 0 Å². The Morgan fingerprint density at radius 3 is 2.63 bits per heavy atom. The van der Waals surface area contributed by atoms with Gasteiger partial charge in [-0.1, -0.05) is 13.3 Å². The zero-order chi connectivity index (χ0) is 13.8. The summed E-state index contributed by atoms with van der Waals surface area (Å²) in [6.07, 6.45) is 5.10. The molecule has 0 bridgehead atoms. The van der Waals surface area contributed by atoms with Gasteiger partial charge >= 0.3 is 5.97 Å². The second kappa shape index (κ2) is 6.40. The van der Waals surface area contributed by atoms with E-state index in [1.165, 1.54) is 0 Å². The number of rotatable bonds is 3. The van der Waals surface area contributed by atoms with Gasteiger partial charge in [-0.2, -0.15) is 0 Å². The van der Waals surface area contributed by atoms with Gasteiger partial charge in [0.25, 0.3) is 0 Å². The average molecular weight is 267 g/mol. The molecule has 1 saturated heterocycles. The van der Waals surface area contributed by atoms with Crippen LogP contribution in [0.1, 0.15) is 46.0 Å². The van der Waals surface area contributed by atoms with Gasteiger partial charge in [-0.25, -0.2) is 0 Å². The Kier molecular flexibility index (Phi) is 4.83. The van der Waals surface area contributed by atoms with Gasteiger partial charge in [-0.15, -0.1) is 0 Å². The molecule has 0 N–H and O–H groups in total. The molecule has 0 radical (unpaired) electrons. The molecule has 108 valence electrons. The van der Waals surface area contributed by atoms with E-state index in [-0.39, 0.29) is 23.7 Å². The highest BCUT2D eigenvalue weighted by Gasteiger charge is 2.36. The minimum Gasteiger partial charge on any atom is -0.466 e. The summed E-state index contributed by atoms with van der Waals surface area (Å²) in [6.45, 7) is 5.77. The maximum absolute atomic E-state index is 12.5. The molecule has 19 heavy (non-hydrogen) atoms. The van der Waals surface area contributed by atoms with E-state index in [0.717, 1.165) is 38.6 Å². The fourth-order valence-electron chi connectivity index (χ4n) is 3.38. The fourth-order valence-corrected chi connectivity index (χ4v) is 3.38. The number of hydrogen-bond acceptors (Lipinski definition) is 3. The molecule has 0 aromatic carbocycles. The first-order chi connectivity index (χ1) is 9.13. The van der Waals surface area contributed by atoms with Crippen LogP contribution in [0.4, 0.5) is 0 Å². The largest absolute Gasteiger partial charge is 0.466 e. The van der Waals surface area contributed by atoms with Crippen LogP contribution in [0.2, 0.25) is 0 Å². The first-order valence-corrected chi connectivity index (χ1v) is 7.59. The van der Waals surface area contributed by atoms with Gasteiger partial charge in [0.2, 0.25) is 5.91 Å². The van der Waals surface area contributed by atoms with Crippen LogP contribution in [0, 0.1) is 17.8 Å². The van der Waals surface area contributed by atoms with Crippen LogP contribution < -0.4 is 0 Å². The predicted octanol–water partition coefficient (Wildman–Crippen LogP) is 2.22. The smallest absolute Gasteiger partial charge is 0.310 e. The lowest BCUT2D eigenvalue weighted by Gasteiger charge is -2.34. The summed E-state index contributed by atoms with van der Waals surface area (Å²) in [5, 5.41) is 0. The summed E-state index contributed by atoms with van der Waals surface area (Å²) in [5.74, 6) is 0.684. The van der Waals surface area contributed by atoms with Crippen LogP contribution in [0.5, 0.6) is 0 Å². The Hall–Kier alpha value is -1.06. The zero-order valence-corrected chi connectivity index (χ0v) is 12.1. The molecule has 3 atom stereocenters. The normalized spacial score (nSPS) is 31.3. The Morgan fingerprint density at radius 2 is 2.00 bits per heavy atom. The van der Waals surface area contributed by atoms with Gasteiger partial charge in [0, 0.05) is 19.0 Å². The van der Waals surface area contributed by atoms with Crippen molar-refractivity contribution >= 4 is 11.9 Å². The van der Waals surface area contributed by atoms with E-state index in [4.69, 9.17) is 4.74 Å². The summed E-state index contributed by atoms with van der Waals surface area (Å²) < 4.78 is 5.08. The summed E-state index contributed by atoms with van der Waals surface area (Å²) in [7, 11) is 0. The second-order valence-electron chi connectivity index (χ2n) is 5.89. The van der Waals surface area contributed by atoms with Gasteiger partial charge in [-0.3, -0.25) is 9.59 Å². The molecule has 0 spiro atoms. The summed E-state index contributed by atoms with van der Waals surface area (Å²) in [4.78, 5) is 26.2. The van der Waals surface area contributed by atoms with Crippen LogP contribution in [-0.2, 0) is 14.3 Å². The lowest BCUT2D eigenvalue weighted by Crippen LogP contribution is -2.45. The summed E-state index contributed by atoms with van der Waals surface area (Å²) in [6, 6.07) is 0. The Labute approximate surface area is 115 Å².